The number of hydrogen-bond donors (Lipinski definition) is 1. The molecule has 0 aromatic carbocycles. The van der Waals surface area contributed by atoms with Crippen molar-refractivity contribution in [1.29, 1.82) is 0 Å². The average Bonchev–Trinajstić information content (AvgIpc) is 2.38. The van der Waals surface area contributed by atoms with Gasteiger partial charge in [0.15, 0.2) is 0 Å². The van der Waals surface area contributed by atoms with Crippen LogP contribution in [0, 0.1) is 5.92 Å². The number of rotatable bonds is 5. The van der Waals surface area contributed by atoms with Gasteiger partial charge in [-0.3, -0.25) is 9.59 Å². The van der Waals surface area contributed by atoms with E-state index in [2.05, 4.69) is 5.32 Å². The third-order valence-corrected chi connectivity index (χ3v) is 3.51. The molecule has 1 fully saturated rings. The van der Waals surface area contributed by atoms with Crippen molar-refractivity contribution < 1.29 is 9.59 Å². The maximum atomic E-state index is 11.8. The molecule has 2 amide bonds. The number of nitrogens with one attached hydrogen (secondary N) is 1. The molecule has 1 rings (SSSR count). The van der Waals surface area contributed by atoms with Crippen LogP contribution in [0.5, 0.6) is 0 Å². The number of alkyl halides is 1. The number of carbonyl (C=O) groups is 2. The van der Waals surface area contributed by atoms with Gasteiger partial charge in [0.25, 0.3) is 0 Å². The van der Waals surface area contributed by atoms with Crippen LogP contribution in [0.15, 0.2) is 0 Å². The van der Waals surface area contributed by atoms with Gasteiger partial charge in [0.1, 0.15) is 0 Å². The van der Waals surface area contributed by atoms with Gasteiger partial charge in [0.2, 0.25) is 11.8 Å². The molecular formula is C12H21ClN2O2. The van der Waals surface area contributed by atoms with Crippen molar-refractivity contribution >= 4 is 23.4 Å². The maximum Gasteiger partial charge on any atom is 0.222 e. The molecule has 0 aromatic heterocycles. The molecule has 0 radical (unpaired) electrons. The van der Waals surface area contributed by atoms with E-state index in [1.807, 2.05) is 4.90 Å². The summed E-state index contributed by atoms with van der Waals surface area (Å²) in [5.41, 5.74) is 0. The lowest BCUT2D eigenvalue weighted by Gasteiger charge is -2.31. The molecular weight excluding hydrogens is 240 g/mol. The molecule has 0 spiro atoms. The molecule has 1 saturated heterocycles. The van der Waals surface area contributed by atoms with Crippen molar-refractivity contribution in [2.75, 3.05) is 26.0 Å². The van der Waals surface area contributed by atoms with Crippen molar-refractivity contribution in [2.45, 2.75) is 32.1 Å². The minimum Gasteiger partial charge on any atom is -0.359 e. The molecule has 4 nitrogen and oxygen atoms in total. The summed E-state index contributed by atoms with van der Waals surface area (Å²) in [5, 5.41) is 2.66. The highest BCUT2D eigenvalue weighted by atomic mass is 35.5. The fourth-order valence-corrected chi connectivity index (χ4v) is 2.31. The zero-order valence-electron chi connectivity index (χ0n) is 10.4. The number of amides is 2. The third kappa shape index (κ3) is 4.54. The van der Waals surface area contributed by atoms with Gasteiger partial charge in [0.05, 0.1) is 0 Å². The highest BCUT2D eigenvalue weighted by molar-refractivity contribution is 6.17. The van der Waals surface area contributed by atoms with Gasteiger partial charge in [-0.15, -0.1) is 11.6 Å². The molecule has 1 aliphatic rings. The highest BCUT2D eigenvalue weighted by Gasteiger charge is 2.26. The molecule has 1 heterocycles. The Morgan fingerprint density at radius 3 is 2.47 bits per heavy atom. The Morgan fingerprint density at radius 1 is 1.29 bits per heavy atom. The number of carbonyl (C=O) groups excluding carboxylic acids is 2. The van der Waals surface area contributed by atoms with Crippen molar-refractivity contribution in [3.05, 3.63) is 0 Å². The van der Waals surface area contributed by atoms with Gasteiger partial charge in [0, 0.05) is 38.4 Å². The first-order valence-electron chi connectivity index (χ1n) is 6.24. The average molecular weight is 261 g/mol. The lowest BCUT2D eigenvalue weighted by Crippen LogP contribution is -2.42. The van der Waals surface area contributed by atoms with Gasteiger partial charge < -0.3 is 10.2 Å². The lowest BCUT2D eigenvalue weighted by molar-refractivity contribution is -0.135. The summed E-state index contributed by atoms with van der Waals surface area (Å²) in [7, 11) is 1.66. The molecule has 0 saturated carbocycles. The molecule has 98 valence electrons. The van der Waals surface area contributed by atoms with Gasteiger partial charge in [-0.25, -0.2) is 0 Å². The second-order valence-corrected chi connectivity index (χ2v) is 4.79. The van der Waals surface area contributed by atoms with Crippen LogP contribution in [0.4, 0.5) is 0 Å². The summed E-state index contributed by atoms with van der Waals surface area (Å²) < 4.78 is 0. The Labute approximate surface area is 108 Å². The normalized spacial score (nSPS) is 16.9. The molecule has 1 N–H and O–H groups in total. The van der Waals surface area contributed by atoms with Crippen molar-refractivity contribution in [3.63, 3.8) is 0 Å². The predicted molar refractivity (Wildman–Crippen MR) is 67.9 cm³/mol. The van der Waals surface area contributed by atoms with E-state index in [4.69, 9.17) is 11.6 Å². The number of piperidine rings is 1. The van der Waals surface area contributed by atoms with E-state index in [0.29, 0.717) is 25.4 Å². The Bertz CT molecular complexity index is 263. The molecule has 0 bridgehead atoms. The number of hydrogen-bond acceptors (Lipinski definition) is 2. The molecule has 17 heavy (non-hydrogen) atoms. The second-order valence-electron chi connectivity index (χ2n) is 4.42. The summed E-state index contributed by atoms with van der Waals surface area (Å²) in [6.07, 6.45) is 3.89. The summed E-state index contributed by atoms with van der Waals surface area (Å²) in [6, 6.07) is 0. The van der Waals surface area contributed by atoms with Crippen molar-refractivity contribution in [3.8, 4) is 0 Å². The van der Waals surface area contributed by atoms with Crippen molar-refractivity contribution in [2.24, 2.45) is 5.92 Å². The number of nitrogens with zero attached hydrogens (tertiary/aromatic N) is 1. The smallest absolute Gasteiger partial charge is 0.222 e. The van der Waals surface area contributed by atoms with Crippen LogP contribution in [0.2, 0.25) is 0 Å². The Morgan fingerprint density at radius 2 is 1.94 bits per heavy atom. The van der Waals surface area contributed by atoms with Gasteiger partial charge >= 0.3 is 0 Å². The fraction of sp³-hybridized carbons (Fsp3) is 0.833. The molecule has 0 atom stereocenters. The first-order chi connectivity index (χ1) is 8.19. The Kier molecular flexibility index (Phi) is 6.34. The van der Waals surface area contributed by atoms with E-state index >= 15 is 0 Å². The van der Waals surface area contributed by atoms with Gasteiger partial charge in [-0.2, -0.15) is 0 Å². The minimum atomic E-state index is 0.0758. The largest absolute Gasteiger partial charge is 0.359 e. The van der Waals surface area contributed by atoms with E-state index in [1.54, 1.807) is 7.05 Å². The monoisotopic (exact) mass is 260 g/mol. The van der Waals surface area contributed by atoms with Crippen LogP contribution in [0.1, 0.15) is 32.1 Å². The van der Waals surface area contributed by atoms with Crippen molar-refractivity contribution in [1.82, 2.24) is 10.2 Å². The van der Waals surface area contributed by atoms with Crippen LogP contribution in [0.3, 0.4) is 0 Å². The SMILES string of the molecule is CNC(=O)C1CCN(C(=O)CCCCCl)CC1. The Hall–Kier alpha value is -0.770. The zero-order chi connectivity index (χ0) is 12.7. The minimum absolute atomic E-state index is 0.0758. The lowest BCUT2D eigenvalue weighted by atomic mass is 9.95. The first kappa shape index (κ1) is 14.3. The predicted octanol–water partition coefficient (Wildman–Crippen LogP) is 1.38. The summed E-state index contributed by atoms with van der Waals surface area (Å²) >= 11 is 5.57. The van der Waals surface area contributed by atoms with Crippen LogP contribution in [-0.2, 0) is 9.59 Å². The van der Waals surface area contributed by atoms with E-state index in [0.717, 1.165) is 25.7 Å². The Balaban J connectivity index is 2.26. The third-order valence-electron chi connectivity index (χ3n) is 3.24. The van der Waals surface area contributed by atoms with E-state index in [-0.39, 0.29) is 17.7 Å². The first-order valence-corrected chi connectivity index (χ1v) is 6.77. The van der Waals surface area contributed by atoms with E-state index < -0.39 is 0 Å². The van der Waals surface area contributed by atoms with Gasteiger partial charge in [-0.1, -0.05) is 0 Å². The van der Waals surface area contributed by atoms with Crippen LogP contribution < -0.4 is 5.32 Å². The topological polar surface area (TPSA) is 49.4 Å². The van der Waals surface area contributed by atoms with Crippen LogP contribution in [0.25, 0.3) is 0 Å². The van der Waals surface area contributed by atoms with Gasteiger partial charge in [-0.05, 0) is 25.7 Å². The number of unbranched alkanes of at least 4 members (excludes halogenated alkanes) is 1. The molecule has 0 unspecified atom stereocenters. The zero-order valence-corrected chi connectivity index (χ0v) is 11.1. The maximum absolute atomic E-state index is 11.8. The summed E-state index contributed by atoms with van der Waals surface area (Å²) in [6.45, 7) is 1.41. The standard InChI is InChI=1S/C12H21ClN2O2/c1-14-12(17)10-5-8-15(9-6-10)11(16)4-2-3-7-13/h10H,2-9H2,1H3,(H,14,17). The molecule has 5 heteroatoms. The summed E-state index contributed by atoms with van der Waals surface area (Å²) in [4.78, 5) is 25.1. The summed E-state index contributed by atoms with van der Waals surface area (Å²) in [5.74, 6) is 0.989. The quantitative estimate of drug-likeness (QED) is 0.600. The highest BCUT2D eigenvalue weighted by Crippen LogP contribution is 2.18. The number of likely N-dealkylation sites (tertiary alicyclic amines) is 1. The van der Waals surface area contributed by atoms with Crippen LogP contribution in [-0.4, -0.2) is 42.7 Å². The molecule has 1 aliphatic heterocycles. The fourth-order valence-electron chi connectivity index (χ4n) is 2.12. The number of halogens is 1. The molecule has 0 aromatic rings. The van der Waals surface area contributed by atoms with E-state index in [9.17, 15) is 9.59 Å². The second kappa shape index (κ2) is 7.54. The van der Waals surface area contributed by atoms with Crippen LogP contribution >= 0.6 is 11.6 Å². The molecule has 0 aliphatic carbocycles. The van der Waals surface area contributed by atoms with E-state index in [1.165, 1.54) is 0 Å².